The quantitative estimate of drug-likeness (QED) is 0.553. The molecule has 7 nitrogen and oxygen atoms in total. The normalized spacial score (nSPS) is 17.4. The molecule has 0 aromatic heterocycles. The minimum Gasteiger partial charge on any atom is -0.495 e. The van der Waals surface area contributed by atoms with Crippen LogP contribution >= 0.6 is 0 Å². The molecule has 2 amide bonds. The lowest BCUT2D eigenvalue weighted by Crippen LogP contribution is -2.48. The molecule has 0 bridgehead atoms. The molecule has 5 rings (SSSR count). The highest BCUT2D eigenvalue weighted by Crippen LogP contribution is 2.36. The molecule has 1 fully saturated rings. The molecule has 1 N–H and O–H groups in total. The van der Waals surface area contributed by atoms with Crippen molar-refractivity contribution in [3.63, 3.8) is 0 Å². The Morgan fingerprint density at radius 3 is 2.28 bits per heavy atom. The van der Waals surface area contributed by atoms with Crippen molar-refractivity contribution in [2.75, 3.05) is 43.5 Å². The van der Waals surface area contributed by atoms with Gasteiger partial charge < -0.3 is 24.8 Å². The van der Waals surface area contributed by atoms with Crippen LogP contribution < -0.4 is 15.0 Å². The average Bonchev–Trinajstić information content (AvgIpc) is 3.20. The number of ether oxygens (including phenoxy) is 1. The van der Waals surface area contributed by atoms with Gasteiger partial charge in [0.25, 0.3) is 11.8 Å². The molecule has 0 radical (unpaired) electrons. The number of nitrogens with zero attached hydrogens (tertiary/aromatic N) is 3. The molecule has 1 atom stereocenters. The van der Waals surface area contributed by atoms with Crippen LogP contribution in [0.3, 0.4) is 0 Å². The SMILES string of the molecule is COc1ccccc1N1CCN(C(=O)c2ccc(NC3c4ccccc4C(=O)N3C(C)C)cc2)CC1. The van der Waals surface area contributed by atoms with Crippen LogP contribution in [0, 0.1) is 0 Å². The van der Waals surface area contributed by atoms with E-state index in [4.69, 9.17) is 4.74 Å². The molecule has 0 saturated carbocycles. The topological polar surface area (TPSA) is 65.1 Å². The van der Waals surface area contributed by atoms with Gasteiger partial charge in [0.05, 0.1) is 12.8 Å². The van der Waals surface area contributed by atoms with Gasteiger partial charge in [-0.1, -0.05) is 30.3 Å². The highest BCUT2D eigenvalue weighted by molar-refractivity contribution is 5.99. The molecule has 2 aliphatic heterocycles. The average molecular weight is 485 g/mol. The van der Waals surface area contributed by atoms with Gasteiger partial charge in [-0.3, -0.25) is 9.59 Å². The summed E-state index contributed by atoms with van der Waals surface area (Å²) in [6.07, 6.45) is -0.238. The van der Waals surface area contributed by atoms with E-state index < -0.39 is 0 Å². The molecular formula is C29H32N4O3. The lowest BCUT2D eigenvalue weighted by Gasteiger charge is -2.36. The third-order valence-corrected chi connectivity index (χ3v) is 6.98. The van der Waals surface area contributed by atoms with Crippen LogP contribution in [0.15, 0.2) is 72.8 Å². The van der Waals surface area contributed by atoms with Crippen molar-refractivity contribution < 1.29 is 14.3 Å². The summed E-state index contributed by atoms with van der Waals surface area (Å²) in [6.45, 7) is 6.86. The summed E-state index contributed by atoms with van der Waals surface area (Å²) in [4.78, 5) is 32.1. The van der Waals surface area contributed by atoms with Gasteiger partial charge in [-0.25, -0.2) is 0 Å². The number of para-hydroxylation sites is 2. The number of rotatable bonds is 6. The molecule has 186 valence electrons. The molecule has 2 heterocycles. The number of amides is 2. The van der Waals surface area contributed by atoms with E-state index in [1.165, 1.54) is 0 Å². The highest BCUT2D eigenvalue weighted by Gasteiger charge is 2.37. The van der Waals surface area contributed by atoms with Gasteiger partial charge in [0.2, 0.25) is 0 Å². The molecule has 0 aliphatic carbocycles. The van der Waals surface area contributed by atoms with E-state index in [1.807, 2.05) is 90.4 Å². The Morgan fingerprint density at radius 2 is 1.58 bits per heavy atom. The first kappa shape index (κ1) is 23.7. The molecule has 2 aliphatic rings. The predicted octanol–water partition coefficient (Wildman–Crippen LogP) is 4.63. The number of carbonyl (C=O) groups is 2. The van der Waals surface area contributed by atoms with Gasteiger partial charge in [0, 0.05) is 54.6 Å². The van der Waals surface area contributed by atoms with Gasteiger partial charge in [-0.2, -0.15) is 0 Å². The monoisotopic (exact) mass is 484 g/mol. The van der Waals surface area contributed by atoms with Gasteiger partial charge >= 0.3 is 0 Å². The number of hydrogen-bond donors (Lipinski definition) is 1. The fourth-order valence-corrected chi connectivity index (χ4v) is 5.11. The number of carbonyl (C=O) groups excluding carboxylic acids is 2. The third-order valence-electron chi connectivity index (χ3n) is 6.98. The molecule has 36 heavy (non-hydrogen) atoms. The maximum absolute atomic E-state index is 13.2. The Labute approximate surface area is 212 Å². The first-order chi connectivity index (χ1) is 17.5. The van der Waals surface area contributed by atoms with E-state index in [0.717, 1.165) is 41.3 Å². The maximum atomic E-state index is 13.2. The first-order valence-electron chi connectivity index (χ1n) is 12.4. The van der Waals surface area contributed by atoms with Crippen LogP contribution in [-0.4, -0.2) is 60.9 Å². The van der Waals surface area contributed by atoms with Crippen LogP contribution in [0.4, 0.5) is 11.4 Å². The largest absolute Gasteiger partial charge is 0.495 e. The van der Waals surface area contributed by atoms with Crippen molar-refractivity contribution in [2.45, 2.75) is 26.1 Å². The maximum Gasteiger partial charge on any atom is 0.256 e. The van der Waals surface area contributed by atoms with E-state index in [2.05, 4.69) is 16.3 Å². The number of benzene rings is 3. The standard InChI is InChI=1S/C29H32N4O3/c1-20(2)33-27(23-8-4-5-9-24(23)29(33)35)30-22-14-12-21(13-15-22)28(34)32-18-16-31(17-19-32)25-10-6-7-11-26(25)36-3/h4-15,20,27,30H,16-19H2,1-3H3. The summed E-state index contributed by atoms with van der Waals surface area (Å²) >= 11 is 0. The summed E-state index contributed by atoms with van der Waals surface area (Å²) in [5.74, 6) is 0.923. The zero-order chi connectivity index (χ0) is 25.2. The number of anilines is 2. The Bertz CT molecular complexity index is 1250. The Balaban J connectivity index is 1.25. The van der Waals surface area contributed by atoms with E-state index in [0.29, 0.717) is 18.7 Å². The van der Waals surface area contributed by atoms with Gasteiger partial charge in [-0.15, -0.1) is 0 Å². The zero-order valence-corrected chi connectivity index (χ0v) is 21.0. The number of hydrogen-bond acceptors (Lipinski definition) is 5. The zero-order valence-electron chi connectivity index (χ0n) is 21.0. The van der Waals surface area contributed by atoms with E-state index >= 15 is 0 Å². The van der Waals surface area contributed by atoms with Gasteiger partial charge in [-0.05, 0) is 56.3 Å². The number of piperazine rings is 1. The smallest absolute Gasteiger partial charge is 0.256 e. The molecule has 3 aromatic rings. The second-order valence-corrected chi connectivity index (χ2v) is 9.47. The lowest BCUT2D eigenvalue weighted by molar-refractivity contribution is 0.0684. The van der Waals surface area contributed by atoms with Gasteiger partial charge in [0.15, 0.2) is 0 Å². The second kappa shape index (κ2) is 9.93. The third kappa shape index (κ3) is 4.37. The van der Waals surface area contributed by atoms with Crippen LogP contribution in [0.2, 0.25) is 0 Å². The van der Waals surface area contributed by atoms with Crippen LogP contribution in [-0.2, 0) is 0 Å². The van der Waals surface area contributed by atoms with Crippen molar-refractivity contribution >= 4 is 23.2 Å². The highest BCUT2D eigenvalue weighted by atomic mass is 16.5. The van der Waals surface area contributed by atoms with Crippen LogP contribution in [0.5, 0.6) is 5.75 Å². The van der Waals surface area contributed by atoms with Crippen molar-refractivity contribution in [1.82, 2.24) is 9.80 Å². The van der Waals surface area contributed by atoms with Crippen molar-refractivity contribution in [2.24, 2.45) is 0 Å². The fourth-order valence-electron chi connectivity index (χ4n) is 5.11. The summed E-state index contributed by atoms with van der Waals surface area (Å²) in [6, 6.07) is 23.3. The summed E-state index contributed by atoms with van der Waals surface area (Å²) < 4.78 is 5.50. The minimum absolute atomic E-state index is 0.0337. The second-order valence-electron chi connectivity index (χ2n) is 9.47. The number of nitrogens with one attached hydrogen (secondary N) is 1. The molecule has 3 aromatic carbocycles. The minimum atomic E-state index is -0.238. The predicted molar refractivity (Wildman–Crippen MR) is 142 cm³/mol. The molecule has 0 spiro atoms. The van der Waals surface area contributed by atoms with E-state index in [1.54, 1.807) is 7.11 Å². The van der Waals surface area contributed by atoms with E-state index in [-0.39, 0.29) is 24.0 Å². The Hall–Kier alpha value is -4.00. The van der Waals surface area contributed by atoms with Gasteiger partial charge in [0.1, 0.15) is 11.9 Å². The summed E-state index contributed by atoms with van der Waals surface area (Å²) in [5.41, 5.74) is 4.31. The molecule has 1 saturated heterocycles. The molecule has 1 unspecified atom stereocenters. The summed E-state index contributed by atoms with van der Waals surface area (Å²) in [7, 11) is 1.68. The Morgan fingerprint density at radius 1 is 0.917 bits per heavy atom. The Kier molecular flexibility index (Phi) is 6.55. The van der Waals surface area contributed by atoms with Crippen molar-refractivity contribution in [1.29, 1.82) is 0 Å². The van der Waals surface area contributed by atoms with Crippen LogP contribution in [0.25, 0.3) is 0 Å². The molecule has 7 heteroatoms. The first-order valence-corrected chi connectivity index (χ1v) is 12.4. The number of methoxy groups -OCH3 is 1. The molecular weight excluding hydrogens is 452 g/mol. The number of fused-ring (bicyclic) bond motifs is 1. The van der Waals surface area contributed by atoms with Crippen molar-refractivity contribution in [3.8, 4) is 5.75 Å². The summed E-state index contributed by atoms with van der Waals surface area (Å²) in [5, 5.41) is 3.50. The lowest BCUT2D eigenvalue weighted by atomic mass is 10.1. The van der Waals surface area contributed by atoms with Crippen molar-refractivity contribution in [3.05, 3.63) is 89.5 Å². The van der Waals surface area contributed by atoms with E-state index in [9.17, 15) is 9.59 Å². The van der Waals surface area contributed by atoms with Crippen LogP contribution in [0.1, 0.15) is 46.3 Å². The fraction of sp³-hybridized carbons (Fsp3) is 0.310.